The molecule has 0 amide bonds. The van der Waals surface area contributed by atoms with Crippen molar-refractivity contribution >= 4 is 11.3 Å². The van der Waals surface area contributed by atoms with Crippen LogP contribution in [0.1, 0.15) is 34.2 Å². The predicted molar refractivity (Wildman–Crippen MR) is 85.7 cm³/mol. The van der Waals surface area contributed by atoms with Crippen LogP contribution in [0.4, 0.5) is 0 Å². The first-order chi connectivity index (χ1) is 9.85. The molecule has 1 aliphatic heterocycles. The molecule has 2 nitrogen and oxygen atoms in total. The molecule has 3 rings (SSSR count). The number of thiophene rings is 1. The number of rotatable bonds is 6. The van der Waals surface area contributed by atoms with Crippen LogP contribution in [0.15, 0.2) is 36.4 Å². The van der Waals surface area contributed by atoms with Crippen LogP contribution in [0.25, 0.3) is 0 Å². The Bertz CT molecular complexity index is 537. The standard InChI is InChI=1S/C17H22N2S/c1-2-9-18-10-16-7-8-17(20-16)13-19-11-14-5-3-4-6-15(14)12-19/h3-8,18H,2,9-13H2,1H3. The summed E-state index contributed by atoms with van der Waals surface area (Å²) < 4.78 is 0. The molecule has 1 aliphatic rings. The van der Waals surface area contributed by atoms with Crippen molar-refractivity contribution in [1.29, 1.82) is 0 Å². The maximum atomic E-state index is 3.47. The van der Waals surface area contributed by atoms with Crippen LogP contribution in [-0.4, -0.2) is 11.4 Å². The fraction of sp³-hybridized carbons (Fsp3) is 0.412. The van der Waals surface area contributed by atoms with Crippen LogP contribution < -0.4 is 5.32 Å². The summed E-state index contributed by atoms with van der Waals surface area (Å²) in [5.41, 5.74) is 2.99. The van der Waals surface area contributed by atoms with Gasteiger partial charge in [0.15, 0.2) is 0 Å². The van der Waals surface area contributed by atoms with Crippen LogP contribution in [0.2, 0.25) is 0 Å². The fourth-order valence-corrected chi connectivity index (χ4v) is 3.76. The predicted octanol–water partition coefficient (Wildman–Crippen LogP) is 3.76. The molecule has 2 heterocycles. The van der Waals surface area contributed by atoms with Gasteiger partial charge in [-0.15, -0.1) is 11.3 Å². The number of nitrogens with zero attached hydrogens (tertiary/aromatic N) is 1. The van der Waals surface area contributed by atoms with Crippen LogP contribution in [0, 0.1) is 0 Å². The van der Waals surface area contributed by atoms with Gasteiger partial charge in [0, 0.05) is 35.9 Å². The van der Waals surface area contributed by atoms with Crippen LogP contribution in [-0.2, 0) is 26.2 Å². The molecule has 1 aromatic carbocycles. The molecule has 106 valence electrons. The van der Waals surface area contributed by atoms with Crippen molar-refractivity contribution in [2.24, 2.45) is 0 Å². The zero-order valence-electron chi connectivity index (χ0n) is 12.1. The zero-order chi connectivity index (χ0) is 13.8. The third-order valence-corrected chi connectivity index (χ3v) is 4.80. The quantitative estimate of drug-likeness (QED) is 0.813. The third-order valence-electron chi connectivity index (χ3n) is 3.73. The largest absolute Gasteiger partial charge is 0.312 e. The highest BCUT2D eigenvalue weighted by Crippen LogP contribution is 2.26. The smallest absolute Gasteiger partial charge is 0.0335 e. The van der Waals surface area contributed by atoms with Gasteiger partial charge in [0.2, 0.25) is 0 Å². The van der Waals surface area contributed by atoms with Crippen molar-refractivity contribution in [1.82, 2.24) is 10.2 Å². The lowest BCUT2D eigenvalue weighted by Gasteiger charge is -2.12. The highest BCUT2D eigenvalue weighted by atomic mass is 32.1. The molecular formula is C17H22N2S. The molecule has 2 aromatic rings. The van der Waals surface area contributed by atoms with E-state index in [4.69, 9.17) is 0 Å². The molecular weight excluding hydrogens is 264 g/mol. The van der Waals surface area contributed by atoms with Gasteiger partial charge in [-0.05, 0) is 36.2 Å². The van der Waals surface area contributed by atoms with Gasteiger partial charge in [-0.25, -0.2) is 0 Å². The Morgan fingerprint density at radius 1 is 1.05 bits per heavy atom. The molecule has 1 N–H and O–H groups in total. The van der Waals surface area contributed by atoms with Gasteiger partial charge < -0.3 is 5.32 Å². The second kappa shape index (κ2) is 6.53. The van der Waals surface area contributed by atoms with E-state index in [0.29, 0.717) is 0 Å². The lowest BCUT2D eigenvalue weighted by atomic mass is 10.1. The Balaban J connectivity index is 1.55. The van der Waals surface area contributed by atoms with E-state index in [1.54, 1.807) is 0 Å². The van der Waals surface area contributed by atoms with Gasteiger partial charge in [-0.3, -0.25) is 4.90 Å². The van der Waals surface area contributed by atoms with Gasteiger partial charge in [0.1, 0.15) is 0 Å². The highest BCUT2D eigenvalue weighted by Gasteiger charge is 2.18. The number of fused-ring (bicyclic) bond motifs is 1. The summed E-state index contributed by atoms with van der Waals surface area (Å²) in [5.74, 6) is 0. The highest BCUT2D eigenvalue weighted by molar-refractivity contribution is 7.11. The van der Waals surface area contributed by atoms with Crippen molar-refractivity contribution < 1.29 is 0 Å². The lowest BCUT2D eigenvalue weighted by Crippen LogP contribution is -2.14. The van der Waals surface area contributed by atoms with Gasteiger partial charge in [-0.2, -0.15) is 0 Å². The summed E-state index contributed by atoms with van der Waals surface area (Å²) in [4.78, 5) is 5.45. The molecule has 0 fully saturated rings. The van der Waals surface area contributed by atoms with E-state index < -0.39 is 0 Å². The number of hydrogen-bond donors (Lipinski definition) is 1. The molecule has 20 heavy (non-hydrogen) atoms. The molecule has 0 aliphatic carbocycles. The van der Waals surface area contributed by atoms with Crippen molar-refractivity contribution in [2.75, 3.05) is 6.54 Å². The van der Waals surface area contributed by atoms with Crippen molar-refractivity contribution in [3.63, 3.8) is 0 Å². The van der Waals surface area contributed by atoms with Gasteiger partial charge in [-0.1, -0.05) is 31.2 Å². The molecule has 0 radical (unpaired) electrons. The second-order valence-corrected chi connectivity index (χ2v) is 6.71. The monoisotopic (exact) mass is 286 g/mol. The number of nitrogens with one attached hydrogen (secondary N) is 1. The molecule has 0 spiro atoms. The summed E-state index contributed by atoms with van der Waals surface area (Å²) >= 11 is 1.94. The zero-order valence-corrected chi connectivity index (χ0v) is 12.9. The van der Waals surface area contributed by atoms with Gasteiger partial charge in [0.25, 0.3) is 0 Å². The van der Waals surface area contributed by atoms with Crippen LogP contribution in [0.5, 0.6) is 0 Å². The minimum absolute atomic E-state index is 1.01. The van der Waals surface area contributed by atoms with E-state index >= 15 is 0 Å². The van der Waals surface area contributed by atoms with E-state index in [2.05, 4.69) is 53.5 Å². The Morgan fingerprint density at radius 3 is 2.45 bits per heavy atom. The van der Waals surface area contributed by atoms with Crippen molar-refractivity contribution in [3.8, 4) is 0 Å². The molecule has 0 bridgehead atoms. The van der Waals surface area contributed by atoms with Crippen molar-refractivity contribution in [2.45, 2.75) is 39.5 Å². The first-order valence-electron chi connectivity index (χ1n) is 7.42. The SMILES string of the molecule is CCCNCc1ccc(CN2Cc3ccccc3C2)s1. The molecule has 0 atom stereocenters. The molecule has 1 aromatic heterocycles. The maximum Gasteiger partial charge on any atom is 0.0335 e. The minimum atomic E-state index is 1.01. The summed E-state index contributed by atoms with van der Waals surface area (Å²) in [6.45, 7) is 7.59. The second-order valence-electron chi connectivity index (χ2n) is 5.46. The average Bonchev–Trinajstić information content (AvgIpc) is 3.05. The first-order valence-corrected chi connectivity index (χ1v) is 8.24. The van der Waals surface area contributed by atoms with Crippen molar-refractivity contribution in [3.05, 3.63) is 57.3 Å². The maximum absolute atomic E-state index is 3.47. The van der Waals surface area contributed by atoms with Gasteiger partial charge >= 0.3 is 0 Å². The summed E-state index contributed by atoms with van der Waals surface area (Å²) in [7, 11) is 0. The number of benzene rings is 1. The molecule has 0 saturated heterocycles. The fourth-order valence-electron chi connectivity index (χ4n) is 2.73. The summed E-state index contributed by atoms with van der Waals surface area (Å²) in [6.07, 6.45) is 1.20. The molecule has 0 saturated carbocycles. The molecule has 0 unspecified atom stereocenters. The topological polar surface area (TPSA) is 15.3 Å². The Kier molecular flexibility index (Phi) is 4.51. The van der Waals surface area contributed by atoms with Gasteiger partial charge in [0.05, 0.1) is 0 Å². The Hall–Kier alpha value is -1.16. The third kappa shape index (κ3) is 3.29. The summed E-state index contributed by atoms with van der Waals surface area (Å²) in [6, 6.07) is 13.4. The average molecular weight is 286 g/mol. The van der Waals surface area contributed by atoms with E-state index in [1.165, 1.54) is 27.3 Å². The minimum Gasteiger partial charge on any atom is -0.312 e. The van der Waals surface area contributed by atoms with E-state index in [-0.39, 0.29) is 0 Å². The van der Waals surface area contributed by atoms with Crippen LogP contribution >= 0.6 is 11.3 Å². The first kappa shape index (κ1) is 13.8. The van der Waals surface area contributed by atoms with Crippen LogP contribution in [0.3, 0.4) is 0 Å². The van der Waals surface area contributed by atoms with E-state index in [1.807, 2.05) is 11.3 Å². The number of hydrogen-bond acceptors (Lipinski definition) is 3. The molecule has 3 heteroatoms. The summed E-state index contributed by atoms with van der Waals surface area (Å²) in [5, 5.41) is 3.47. The Labute approximate surface area is 125 Å². The van der Waals surface area contributed by atoms with E-state index in [0.717, 1.165) is 32.7 Å². The van der Waals surface area contributed by atoms with E-state index in [9.17, 15) is 0 Å². The lowest BCUT2D eigenvalue weighted by molar-refractivity contribution is 0.278. The Morgan fingerprint density at radius 2 is 1.75 bits per heavy atom. The normalized spacial score (nSPS) is 14.7.